The van der Waals surface area contributed by atoms with Crippen LogP contribution in [0.1, 0.15) is 24.8 Å². The van der Waals surface area contributed by atoms with Gasteiger partial charge in [0.15, 0.2) is 0 Å². The number of nitrogens with zero attached hydrogens (tertiary/aromatic N) is 4. The number of amides is 1. The molecular formula is C18H24N6OS. The number of aromatic nitrogens is 3. The van der Waals surface area contributed by atoms with Crippen molar-refractivity contribution in [2.45, 2.75) is 32.2 Å². The summed E-state index contributed by atoms with van der Waals surface area (Å²) >= 11 is 1.62. The van der Waals surface area contributed by atoms with Crippen molar-refractivity contribution in [2.75, 3.05) is 30.3 Å². The first-order valence-corrected chi connectivity index (χ1v) is 10.1. The van der Waals surface area contributed by atoms with Crippen molar-refractivity contribution in [1.82, 2.24) is 19.9 Å². The Morgan fingerprint density at radius 2 is 2.27 bits per heavy atom. The lowest BCUT2D eigenvalue weighted by molar-refractivity contribution is -0.129. The van der Waals surface area contributed by atoms with Crippen molar-refractivity contribution in [3.8, 4) is 0 Å². The maximum atomic E-state index is 13.1. The zero-order chi connectivity index (χ0) is 18.1. The third kappa shape index (κ3) is 3.07. The van der Waals surface area contributed by atoms with Gasteiger partial charge in [-0.05, 0) is 31.7 Å². The molecule has 8 heteroatoms. The minimum Gasteiger partial charge on any atom is -0.346 e. The molecule has 1 fully saturated rings. The van der Waals surface area contributed by atoms with E-state index in [2.05, 4.69) is 19.9 Å². The SMILES string of the molecule is Cc1c[nH]c2ncnc(N3C=C(C(=O)N4CCCC[C@H]4CN)SCC3)c12. The van der Waals surface area contributed by atoms with Crippen LogP contribution in [0.2, 0.25) is 0 Å². The minimum absolute atomic E-state index is 0.103. The fraction of sp³-hybridized carbons (Fsp3) is 0.500. The van der Waals surface area contributed by atoms with E-state index in [4.69, 9.17) is 5.73 Å². The molecule has 0 unspecified atom stereocenters. The lowest BCUT2D eigenvalue weighted by Crippen LogP contribution is -2.48. The summed E-state index contributed by atoms with van der Waals surface area (Å²) in [6, 6.07) is 0.158. The Kier molecular flexibility index (Phi) is 4.86. The van der Waals surface area contributed by atoms with Crippen molar-refractivity contribution < 1.29 is 4.79 Å². The molecule has 4 heterocycles. The topological polar surface area (TPSA) is 91.1 Å². The van der Waals surface area contributed by atoms with Gasteiger partial charge in [-0.3, -0.25) is 4.79 Å². The monoisotopic (exact) mass is 372 g/mol. The number of nitrogens with two attached hydrogens (primary N) is 1. The van der Waals surface area contributed by atoms with Crippen LogP contribution in [0.3, 0.4) is 0 Å². The number of fused-ring (bicyclic) bond motifs is 1. The van der Waals surface area contributed by atoms with Gasteiger partial charge in [-0.15, -0.1) is 11.8 Å². The lowest BCUT2D eigenvalue weighted by atomic mass is 10.0. The van der Waals surface area contributed by atoms with Crippen molar-refractivity contribution in [3.05, 3.63) is 29.2 Å². The van der Waals surface area contributed by atoms with Crippen LogP contribution in [0.25, 0.3) is 11.0 Å². The Hall–Kier alpha value is -2.06. The average Bonchev–Trinajstić information content (AvgIpc) is 3.08. The molecule has 1 atom stereocenters. The van der Waals surface area contributed by atoms with E-state index in [9.17, 15) is 4.79 Å². The molecule has 0 radical (unpaired) electrons. The van der Waals surface area contributed by atoms with Gasteiger partial charge < -0.3 is 20.5 Å². The van der Waals surface area contributed by atoms with Crippen LogP contribution < -0.4 is 10.6 Å². The highest BCUT2D eigenvalue weighted by Crippen LogP contribution is 2.32. The number of aryl methyl sites for hydroxylation is 1. The largest absolute Gasteiger partial charge is 0.346 e. The molecule has 0 bridgehead atoms. The van der Waals surface area contributed by atoms with E-state index in [0.29, 0.717) is 6.54 Å². The fourth-order valence-corrected chi connectivity index (χ4v) is 4.70. The summed E-state index contributed by atoms with van der Waals surface area (Å²) < 4.78 is 0. The summed E-state index contributed by atoms with van der Waals surface area (Å²) in [5, 5.41) is 1.01. The van der Waals surface area contributed by atoms with Crippen LogP contribution in [-0.4, -0.2) is 57.2 Å². The Morgan fingerprint density at radius 3 is 3.12 bits per heavy atom. The standard InChI is InChI=1S/C18H24N6OS/c1-12-9-20-16-15(12)17(22-11-21-16)23-6-7-26-14(10-23)18(25)24-5-3-2-4-13(24)8-19/h9-11,13H,2-8,19H2,1H3,(H,20,21,22)/t13-/m0/s1. The Morgan fingerprint density at radius 1 is 1.38 bits per heavy atom. The van der Waals surface area contributed by atoms with Crippen LogP contribution in [0.5, 0.6) is 0 Å². The molecule has 0 aromatic carbocycles. The Labute approximate surface area is 157 Å². The lowest BCUT2D eigenvalue weighted by Gasteiger charge is -2.36. The van der Waals surface area contributed by atoms with Crippen molar-refractivity contribution in [1.29, 1.82) is 0 Å². The maximum Gasteiger partial charge on any atom is 0.262 e. The van der Waals surface area contributed by atoms with E-state index in [1.165, 1.54) is 0 Å². The molecule has 26 heavy (non-hydrogen) atoms. The van der Waals surface area contributed by atoms with Gasteiger partial charge in [-0.1, -0.05) is 0 Å². The molecule has 1 amide bonds. The molecule has 0 saturated carbocycles. The van der Waals surface area contributed by atoms with E-state index in [1.54, 1.807) is 18.1 Å². The van der Waals surface area contributed by atoms with E-state index in [0.717, 1.165) is 65.4 Å². The number of piperidine rings is 1. The fourth-order valence-electron chi connectivity index (χ4n) is 3.75. The van der Waals surface area contributed by atoms with Crippen LogP contribution in [0, 0.1) is 6.92 Å². The van der Waals surface area contributed by atoms with Gasteiger partial charge in [-0.25, -0.2) is 9.97 Å². The number of rotatable bonds is 3. The second kappa shape index (κ2) is 7.28. The highest BCUT2D eigenvalue weighted by Gasteiger charge is 2.30. The van der Waals surface area contributed by atoms with Gasteiger partial charge in [-0.2, -0.15) is 0 Å². The van der Waals surface area contributed by atoms with Crippen LogP contribution in [0.4, 0.5) is 5.82 Å². The molecule has 0 aliphatic carbocycles. The Bertz CT molecular complexity index is 847. The van der Waals surface area contributed by atoms with Crippen molar-refractivity contribution in [3.63, 3.8) is 0 Å². The maximum absolute atomic E-state index is 13.1. The normalized spacial score (nSPS) is 21.2. The Balaban J connectivity index is 1.65. The zero-order valence-electron chi connectivity index (χ0n) is 14.9. The number of carbonyl (C=O) groups is 1. The highest BCUT2D eigenvalue weighted by atomic mass is 32.2. The predicted octanol–water partition coefficient (Wildman–Crippen LogP) is 2.00. The second-order valence-corrected chi connectivity index (χ2v) is 7.95. The first kappa shape index (κ1) is 17.4. The van der Waals surface area contributed by atoms with Crippen LogP contribution >= 0.6 is 11.8 Å². The molecule has 2 aromatic heterocycles. The van der Waals surface area contributed by atoms with Crippen LogP contribution in [0.15, 0.2) is 23.6 Å². The molecule has 0 spiro atoms. The average molecular weight is 372 g/mol. The predicted molar refractivity (Wildman–Crippen MR) is 105 cm³/mol. The quantitative estimate of drug-likeness (QED) is 0.856. The first-order chi connectivity index (χ1) is 12.7. The number of likely N-dealkylation sites (tertiary alicyclic amines) is 1. The van der Waals surface area contributed by atoms with Gasteiger partial charge in [0.25, 0.3) is 5.91 Å². The zero-order valence-corrected chi connectivity index (χ0v) is 15.8. The number of carbonyl (C=O) groups excluding carboxylic acids is 1. The number of anilines is 1. The molecule has 3 N–H and O–H groups in total. The molecule has 1 saturated heterocycles. The molecular weight excluding hydrogens is 348 g/mol. The summed E-state index contributed by atoms with van der Waals surface area (Å²) in [5.74, 6) is 1.81. The third-order valence-corrected chi connectivity index (χ3v) is 6.13. The minimum atomic E-state index is 0.103. The molecule has 4 rings (SSSR count). The summed E-state index contributed by atoms with van der Waals surface area (Å²) in [6.07, 6.45) is 8.66. The van der Waals surface area contributed by atoms with E-state index in [1.807, 2.05) is 24.2 Å². The van der Waals surface area contributed by atoms with Gasteiger partial charge in [0, 0.05) is 43.8 Å². The number of hydrogen-bond acceptors (Lipinski definition) is 6. The number of nitrogens with one attached hydrogen (secondary N) is 1. The summed E-state index contributed by atoms with van der Waals surface area (Å²) in [6.45, 7) is 4.19. The number of H-pyrrole nitrogens is 1. The number of aromatic amines is 1. The smallest absolute Gasteiger partial charge is 0.262 e. The third-order valence-electron chi connectivity index (χ3n) is 5.15. The molecule has 2 aromatic rings. The second-order valence-electron chi connectivity index (χ2n) is 6.81. The molecule has 2 aliphatic heterocycles. The summed E-state index contributed by atoms with van der Waals surface area (Å²) in [5.41, 5.74) is 7.83. The van der Waals surface area contributed by atoms with E-state index in [-0.39, 0.29) is 11.9 Å². The highest BCUT2D eigenvalue weighted by molar-refractivity contribution is 8.04. The number of thioether (sulfide) groups is 1. The molecule has 138 valence electrons. The van der Waals surface area contributed by atoms with E-state index >= 15 is 0 Å². The van der Waals surface area contributed by atoms with Gasteiger partial charge in [0.1, 0.15) is 17.8 Å². The summed E-state index contributed by atoms with van der Waals surface area (Å²) in [4.78, 5) is 29.9. The van der Waals surface area contributed by atoms with Crippen molar-refractivity contribution >= 4 is 34.5 Å². The van der Waals surface area contributed by atoms with Gasteiger partial charge in [0.05, 0.1) is 10.3 Å². The van der Waals surface area contributed by atoms with Crippen LogP contribution in [-0.2, 0) is 4.79 Å². The summed E-state index contributed by atoms with van der Waals surface area (Å²) in [7, 11) is 0. The number of hydrogen-bond donors (Lipinski definition) is 2. The van der Waals surface area contributed by atoms with Gasteiger partial charge in [0.2, 0.25) is 0 Å². The first-order valence-electron chi connectivity index (χ1n) is 9.10. The molecule has 7 nitrogen and oxygen atoms in total. The van der Waals surface area contributed by atoms with Crippen molar-refractivity contribution in [2.24, 2.45) is 5.73 Å². The van der Waals surface area contributed by atoms with Gasteiger partial charge >= 0.3 is 0 Å². The van der Waals surface area contributed by atoms with E-state index < -0.39 is 0 Å². The molecule has 2 aliphatic rings.